The molecule has 3 nitrogen and oxygen atoms in total. The van der Waals surface area contributed by atoms with Crippen LogP contribution in [0.4, 0.5) is 5.69 Å². The van der Waals surface area contributed by atoms with Gasteiger partial charge in [-0.15, -0.1) is 0 Å². The first-order chi connectivity index (χ1) is 8.66. The molecule has 0 spiro atoms. The molecule has 0 unspecified atom stereocenters. The highest BCUT2D eigenvalue weighted by Crippen LogP contribution is 2.29. The molecule has 0 atom stereocenters. The van der Waals surface area contributed by atoms with Gasteiger partial charge in [0.1, 0.15) is 5.75 Å². The smallest absolute Gasteiger partial charge is 0.143 e. The highest BCUT2D eigenvalue weighted by Gasteiger charge is 2.05. The van der Waals surface area contributed by atoms with Crippen LogP contribution < -0.4 is 5.43 Å². The van der Waals surface area contributed by atoms with Gasteiger partial charge in [0.15, 0.2) is 0 Å². The number of aromatic hydroxyl groups is 1. The summed E-state index contributed by atoms with van der Waals surface area (Å²) in [5, 5.41) is 14.4. The van der Waals surface area contributed by atoms with Crippen molar-refractivity contribution in [2.24, 2.45) is 5.10 Å². The minimum atomic E-state index is -0.0420. The van der Waals surface area contributed by atoms with E-state index in [2.05, 4.69) is 10.5 Å². The van der Waals surface area contributed by atoms with E-state index in [1.165, 1.54) is 12.3 Å². The molecule has 0 fully saturated rings. The van der Waals surface area contributed by atoms with Gasteiger partial charge in [0.05, 0.1) is 16.9 Å². The molecule has 0 saturated carbocycles. The molecule has 0 bridgehead atoms. The highest BCUT2D eigenvalue weighted by atomic mass is 35.5. The minimum Gasteiger partial charge on any atom is -0.506 e. The number of hydrazone groups is 1. The largest absolute Gasteiger partial charge is 0.506 e. The molecule has 0 aliphatic carbocycles. The van der Waals surface area contributed by atoms with E-state index in [4.69, 9.17) is 23.2 Å². The third-order valence-corrected chi connectivity index (χ3v) is 2.74. The van der Waals surface area contributed by atoms with E-state index >= 15 is 0 Å². The van der Waals surface area contributed by atoms with Crippen molar-refractivity contribution in [3.05, 3.63) is 58.1 Å². The molecule has 0 saturated heterocycles. The Hall–Kier alpha value is -1.71. The van der Waals surface area contributed by atoms with E-state index < -0.39 is 0 Å². The summed E-state index contributed by atoms with van der Waals surface area (Å²) in [5.74, 6) is -0.0420. The lowest BCUT2D eigenvalue weighted by atomic mass is 10.2. The molecule has 92 valence electrons. The monoisotopic (exact) mass is 280 g/mol. The first-order valence-electron chi connectivity index (χ1n) is 5.19. The van der Waals surface area contributed by atoms with Gasteiger partial charge in [-0.1, -0.05) is 41.4 Å². The number of phenolic OH excluding ortho intramolecular Hbond substituents is 1. The summed E-state index contributed by atoms with van der Waals surface area (Å²) in [5.41, 5.74) is 4.13. The molecule has 0 aliphatic heterocycles. The average molecular weight is 281 g/mol. The minimum absolute atomic E-state index is 0.0420. The number of halogens is 2. The fourth-order valence-electron chi connectivity index (χ4n) is 1.37. The third-order valence-electron chi connectivity index (χ3n) is 2.23. The van der Waals surface area contributed by atoms with E-state index in [1.807, 2.05) is 30.3 Å². The van der Waals surface area contributed by atoms with Crippen LogP contribution in [0.3, 0.4) is 0 Å². The van der Waals surface area contributed by atoms with Crippen LogP contribution in [0.25, 0.3) is 0 Å². The second kappa shape index (κ2) is 5.76. The van der Waals surface area contributed by atoms with Crippen LogP contribution in [0, 0.1) is 0 Å². The van der Waals surface area contributed by atoms with E-state index in [1.54, 1.807) is 6.07 Å². The fraction of sp³-hybridized carbons (Fsp3) is 0. The maximum atomic E-state index is 9.71. The van der Waals surface area contributed by atoms with Crippen molar-refractivity contribution in [3.63, 3.8) is 0 Å². The predicted molar refractivity (Wildman–Crippen MR) is 75.8 cm³/mol. The lowest BCUT2D eigenvalue weighted by molar-refractivity contribution is 0.475. The van der Waals surface area contributed by atoms with Gasteiger partial charge in [-0.2, -0.15) is 5.10 Å². The van der Waals surface area contributed by atoms with E-state index in [0.29, 0.717) is 10.6 Å². The van der Waals surface area contributed by atoms with Gasteiger partial charge >= 0.3 is 0 Å². The number of rotatable bonds is 3. The summed E-state index contributed by atoms with van der Waals surface area (Å²) in [4.78, 5) is 0. The number of para-hydroxylation sites is 1. The molecule has 2 aromatic carbocycles. The van der Waals surface area contributed by atoms with Crippen molar-refractivity contribution < 1.29 is 5.11 Å². The van der Waals surface area contributed by atoms with Gasteiger partial charge in [0, 0.05) is 10.6 Å². The SMILES string of the molecule is Oc1c(Cl)cc(Cl)cc1/C=N/Nc1ccccc1. The van der Waals surface area contributed by atoms with Gasteiger partial charge in [-0.3, -0.25) is 5.43 Å². The van der Waals surface area contributed by atoms with Crippen molar-refractivity contribution in [3.8, 4) is 5.75 Å². The van der Waals surface area contributed by atoms with Crippen molar-refractivity contribution in [2.45, 2.75) is 0 Å². The number of hydrogen-bond donors (Lipinski definition) is 2. The molecule has 0 aliphatic rings. The molecule has 2 rings (SSSR count). The number of hydrogen-bond acceptors (Lipinski definition) is 3. The summed E-state index contributed by atoms with van der Waals surface area (Å²) >= 11 is 11.6. The summed E-state index contributed by atoms with van der Waals surface area (Å²) in [6, 6.07) is 12.5. The van der Waals surface area contributed by atoms with Gasteiger partial charge in [0.2, 0.25) is 0 Å². The highest BCUT2D eigenvalue weighted by molar-refractivity contribution is 6.36. The Labute approximate surface area is 115 Å². The molecule has 0 aromatic heterocycles. The van der Waals surface area contributed by atoms with Gasteiger partial charge < -0.3 is 5.11 Å². The number of nitrogens with one attached hydrogen (secondary N) is 1. The lowest BCUT2D eigenvalue weighted by Crippen LogP contribution is -1.91. The van der Waals surface area contributed by atoms with Crippen LogP contribution in [0.1, 0.15) is 5.56 Å². The summed E-state index contributed by atoms with van der Waals surface area (Å²) in [6.07, 6.45) is 1.46. The first kappa shape index (κ1) is 12.7. The summed E-state index contributed by atoms with van der Waals surface area (Å²) < 4.78 is 0. The van der Waals surface area contributed by atoms with Crippen LogP contribution in [0.5, 0.6) is 5.75 Å². The van der Waals surface area contributed by atoms with Crippen LogP contribution in [-0.4, -0.2) is 11.3 Å². The fourth-order valence-corrected chi connectivity index (χ4v) is 1.88. The average Bonchev–Trinajstić information content (AvgIpc) is 2.36. The maximum absolute atomic E-state index is 9.71. The Bertz CT molecular complexity index is 571. The number of nitrogens with zero attached hydrogens (tertiary/aromatic N) is 1. The Morgan fingerprint density at radius 2 is 1.83 bits per heavy atom. The van der Waals surface area contributed by atoms with Crippen LogP contribution in [0.15, 0.2) is 47.6 Å². The molecule has 0 heterocycles. The van der Waals surface area contributed by atoms with Gasteiger partial charge in [0.25, 0.3) is 0 Å². The normalized spacial score (nSPS) is 10.8. The van der Waals surface area contributed by atoms with Crippen LogP contribution >= 0.6 is 23.2 Å². The van der Waals surface area contributed by atoms with Crippen LogP contribution in [-0.2, 0) is 0 Å². The van der Waals surface area contributed by atoms with E-state index in [0.717, 1.165) is 5.69 Å². The van der Waals surface area contributed by atoms with Gasteiger partial charge in [-0.05, 0) is 24.3 Å². The van der Waals surface area contributed by atoms with Crippen LogP contribution in [0.2, 0.25) is 10.0 Å². The number of anilines is 1. The molecular formula is C13H10Cl2N2O. The lowest BCUT2D eigenvalue weighted by Gasteiger charge is -2.03. The second-order valence-electron chi connectivity index (χ2n) is 3.56. The zero-order valence-electron chi connectivity index (χ0n) is 9.27. The zero-order valence-corrected chi connectivity index (χ0v) is 10.8. The third kappa shape index (κ3) is 3.15. The molecule has 5 heteroatoms. The Morgan fingerprint density at radius 3 is 2.56 bits per heavy atom. The Kier molecular flexibility index (Phi) is 4.07. The number of phenols is 1. The standard InChI is InChI=1S/C13H10Cl2N2O/c14-10-6-9(13(18)12(15)7-10)8-16-17-11-4-2-1-3-5-11/h1-8,17-18H/b16-8+. The summed E-state index contributed by atoms with van der Waals surface area (Å²) in [7, 11) is 0. The molecule has 18 heavy (non-hydrogen) atoms. The molecule has 0 amide bonds. The molecule has 2 N–H and O–H groups in total. The Balaban J connectivity index is 2.15. The maximum Gasteiger partial charge on any atom is 0.143 e. The predicted octanol–water partition coefficient (Wildman–Crippen LogP) is 4.15. The van der Waals surface area contributed by atoms with Gasteiger partial charge in [-0.25, -0.2) is 0 Å². The topological polar surface area (TPSA) is 44.6 Å². The number of benzene rings is 2. The van der Waals surface area contributed by atoms with Crippen molar-refractivity contribution in [2.75, 3.05) is 5.43 Å². The molecule has 0 radical (unpaired) electrons. The van der Waals surface area contributed by atoms with E-state index in [-0.39, 0.29) is 10.8 Å². The molecule has 2 aromatic rings. The van der Waals surface area contributed by atoms with Crippen molar-refractivity contribution >= 4 is 35.1 Å². The zero-order chi connectivity index (χ0) is 13.0. The molecular weight excluding hydrogens is 271 g/mol. The summed E-state index contributed by atoms with van der Waals surface area (Å²) in [6.45, 7) is 0. The van der Waals surface area contributed by atoms with Crippen molar-refractivity contribution in [1.29, 1.82) is 0 Å². The quantitative estimate of drug-likeness (QED) is 0.655. The second-order valence-corrected chi connectivity index (χ2v) is 4.41. The Morgan fingerprint density at radius 1 is 1.11 bits per heavy atom. The van der Waals surface area contributed by atoms with Crippen molar-refractivity contribution in [1.82, 2.24) is 0 Å². The first-order valence-corrected chi connectivity index (χ1v) is 5.94. The van der Waals surface area contributed by atoms with E-state index in [9.17, 15) is 5.11 Å².